The summed E-state index contributed by atoms with van der Waals surface area (Å²) < 4.78 is 29.9. The number of ketones is 1. The van der Waals surface area contributed by atoms with Gasteiger partial charge >= 0.3 is 5.97 Å². The molecule has 1 heterocycles. The largest absolute Gasteiger partial charge is 0.454 e. The fraction of sp³-hybridized carbons (Fsp3) is 0.222. The molecule has 1 aliphatic rings. The van der Waals surface area contributed by atoms with Crippen LogP contribution in [0.4, 0.5) is 11.4 Å². The number of nitrogens with zero attached hydrogens (tertiary/aromatic N) is 1. The van der Waals surface area contributed by atoms with Crippen molar-refractivity contribution in [1.82, 2.24) is 0 Å². The van der Waals surface area contributed by atoms with Crippen LogP contribution in [0.5, 0.6) is 0 Å². The van der Waals surface area contributed by atoms with E-state index < -0.39 is 28.4 Å². The third-order valence-electron chi connectivity index (χ3n) is 4.22. The number of hydrogen-bond donors (Lipinski definition) is 1. The molecular weight excluding hydrogens is 392 g/mol. The van der Waals surface area contributed by atoms with Gasteiger partial charge in [0.25, 0.3) is 0 Å². The molecule has 0 saturated heterocycles. The lowest BCUT2D eigenvalue weighted by Crippen LogP contribution is -2.27. The Morgan fingerprint density at radius 3 is 2.63 bits per heavy atom. The molecule has 2 aromatic rings. The van der Waals surface area contributed by atoms with Crippen molar-refractivity contribution in [2.24, 2.45) is 0 Å². The number of ether oxygens (including phenoxy) is 1. The minimum atomic E-state index is -3.35. The van der Waals surface area contributed by atoms with Crippen LogP contribution in [0.1, 0.15) is 26.3 Å². The molecule has 0 spiro atoms. The lowest BCUT2D eigenvalue weighted by atomic mass is 10.1. The van der Waals surface area contributed by atoms with Gasteiger partial charge in [0.15, 0.2) is 12.4 Å². The molecular formula is C18H17ClN2O5S. The maximum absolute atomic E-state index is 12.3. The Balaban J connectivity index is 1.70. The SMILES string of the molecule is CS(=O)(=O)N1CCc2cc(C(=O)COC(=O)c3ccc(Cl)cc3N)ccc21. The van der Waals surface area contributed by atoms with Gasteiger partial charge in [-0.15, -0.1) is 0 Å². The minimum absolute atomic E-state index is 0.130. The molecule has 0 aliphatic carbocycles. The predicted octanol–water partition coefficient (Wildman–Crippen LogP) is 2.28. The molecule has 0 saturated carbocycles. The highest BCUT2D eigenvalue weighted by molar-refractivity contribution is 7.92. The Morgan fingerprint density at radius 1 is 1.22 bits per heavy atom. The number of esters is 1. The van der Waals surface area contributed by atoms with Crippen molar-refractivity contribution in [1.29, 1.82) is 0 Å². The number of benzene rings is 2. The van der Waals surface area contributed by atoms with Crippen molar-refractivity contribution in [2.45, 2.75) is 6.42 Å². The fourth-order valence-corrected chi connectivity index (χ4v) is 4.04. The summed E-state index contributed by atoms with van der Waals surface area (Å²) in [7, 11) is -3.35. The van der Waals surface area contributed by atoms with E-state index in [1.54, 1.807) is 12.1 Å². The maximum atomic E-state index is 12.3. The van der Waals surface area contributed by atoms with Crippen molar-refractivity contribution in [2.75, 3.05) is 29.4 Å². The summed E-state index contributed by atoms with van der Waals surface area (Å²) in [6, 6.07) is 9.11. The fourth-order valence-electron chi connectivity index (χ4n) is 2.90. The molecule has 142 valence electrons. The Morgan fingerprint density at radius 2 is 1.96 bits per heavy atom. The number of anilines is 2. The number of nitrogens with two attached hydrogens (primary N) is 1. The number of rotatable bonds is 5. The number of nitrogen functional groups attached to an aromatic ring is 1. The van der Waals surface area contributed by atoms with Gasteiger partial charge in [-0.25, -0.2) is 13.2 Å². The predicted molar refractivity (Wildman–Crippen MR) is 103 cm³/mol. The van der Waals surface area contributed by atoms with Crippen molar-refractivity contribution in [3.05, 3.63) is 58.1 Å². The first kappa shape index (κ1) is 19.2. The minimum Gasteiger partial charge on any atom is -0.454 e. The first-order valence-corrected chi connectivity index (χ1v) is 10.3. The molecule has 1 aliphatic heterocycles. The molecule has 9 heteroatoms. The molecule has 2 N–H and O–H groups in total. The van der Waals surface area contributed by atoms with Gasteiger partial charge in [0.1, 0.15) is 0 Å². The molecule has 0 bridgehead atoms. The number of sulfonamides is 1. The quantitative estimate of drug-likeness (QED) is 0.462. The maximum Gasteiger partial charge on any atom is 0.340 e. The first-order valence-electron chi connectivity index (χ1n) is 8.03. The normalized spacial score (nSPS) is 13.3. The van der Waals surface area contributed by atoms with Crippen LogP contribution in [0.15, 0.2) is 36.4 Å². The van der Waals surface area contributed by atoms with Crippen LogP contribution in [-0.4, -0.2) is 39.6 Å². The highest BCUT2D eigenvalue weighted by Crippen LogP contribution is 2.30. The number of halogens is 1. The summed E-state index contributed by atoms with van der Waals surface area (Å²) in [5.41, 5.74) is 7.70. The van der Waals surface area contributed by atoms with E-state index in [-0.39, 0.29) is 11.3 Å². The van der Waals surface area contributed by atoms with E-state index in [9.17, 15) is 18.0 Å². The van der Waals surface area contributed by atoms with Crippen molar-refractivity contribution in [3.63, 3.8) is 0 Å². The smallest absolute Gasteiger partial charge is 0.340 e. The number of carbonyl (C=O) groups is 2. The third-order valence-corrected chi connectivity index (χ3v) is 5.64. The summed E-state index contributed by atoms with van der Waals surface area (Å²) in [5, 5.41) is 0.390. The highest BCUT2D eigenvalue weighted by atomic mass is 35.5. The summed E-state index contributed by atoms with van der Waals surface area (Å²) in [5.74, 6) is -1.11. The Bertz CT molecular complexity index is 1040. The van der Waals surface area contributed by atoms with Crippen LogP contribution >= 0.6 is 11.6 Å². The first-order chi connectivity index (χ1) is 12.7. The molecule has 3 rings (SSSR count). The Hall–Kier alpha value is -2.58. The van der Waals surface area contributed by atoms with Gasteiger partial charge in [-0.1, -0.05) is 11.6 Å². The van der Waals surface area contributed by atoms with Crippen LogP contribution < -0.4 is 10.0 Å². The Kier molecular flexibility index (Phi) is 5.12. The number of carbonyl (C=O) groups excluding carboxylic acids is 2. The van der Waals surface area contributed by atoms with Gasteiger partial charge in [-0.05, 0) is 48.4 Å². The van der Waals surface area contributed by atoms with E-state index >= 15 is 0 Å². The summed E-state index contributed by atoms with van der Waals surface area (Å²) in [6.07, 6.45) is 1.66. The standard InChI is InChI=1S/C18H17ClN2O5S/c1-27(24,25)21-7-6-11-8-12(2-5-16(11)21)17(22)10-26-18(23)14-4-3-13(19)9-15(14)20/h2-5,8-9H,6-7,10,20H2,1H3. The Labute approximate surface area is 161 Å². The summed E-state index contributed by atoms with van der Waals surface area (Å²) in [4.78, 5) is 24.4. The third kappa shape index (κ3) is 4.06. The zero-order chi connectivity index (χ0) is 19.8. The topological polar surface area (TPSA) is 107 Å². The number of hydrogen-bond acceptors (Lipinski definition) is 6. The van der Waals surface area contributed by atoms with Crippen LogP contribution in [0, 0.1) is 0 Å². The lowest BCUT2D eigenvalue weighted by Gasteiger charge is -2.16. The second kappa shape index (κ2) is 7.21. The van der Waals surface area contributed by atoms with Crippen molar-refractivity contribution < 1.29 is 22.7 Å². The molecule has 2 aromatic carbocycles. The summed E-state index contributed by atoms with van der Waals surface area (Å²) >= 11 is 5.79. The molecule has 7 nitrogen and oxygen atoms in total. The van der Waals surface area contributed by atoms with Gasteiger partial charge in [0.2, 0.25) is 10.0 Å². The monoisotopic (exact) mass is 408 g/mol. The van der Waals surface area contributed by atoms with E-state index in [1.807, 2.05) is 0 Å². The number of fused-ring (bicyclic) bond motifs is 1. The lowest BCUT2D eigenvalue weighted by molar-refractivity contribution is 0.0476. The second-order valence-corrected chi connectivity index (χ2v) is 8.50. The average Bonchev–Trinajstić information content (AvgIpc) is 3.02. The molecule has 0 atom stereocenters. The zero-order valence-electron chi connectivity index (χ0n) is 14.4. The van der Waals surface area contributed by atoms with Gasteiger partial charge in [0, 0.05) is 22.8 Å². The van der Waals surface area contributed by atoms with Crippen molar-refractivity contribution in [3.8, 4) is 0 Å². The van der Waals surface area contributed by atoms with E-state index in [0.29, 0.717) is 29.2 Å². The number of Topliss-reactive ketones (excluding diaryl/α,β-unsaturated/α-hetero) is 1. The van der Waals surface area contributed by atoms with Gasteiger partial charge < -0.3 is 10.5 Å². The second-order valence-electron chi connectivity index (χ2n) is 6.16. The van der Waals surface area contributed by atoms with Gasteiger partial charge in [-0.3, -0.25) is 9.10 Å². The van der Waals surface area contributed by atoms with E-state index in [0.717, 1.165) is 11.8 Å². The van der Waals surface area contributed by atoms with Gasteiger partial charge in [-0.2, -0.15) is 0 Å². The zero-order valence-corrected chi connectivity index (χ0v) is 16.0. The van der Waals surface area contributed by atoms with E-state index in [4.69, 9.17) is 22.1 Å². The molecule has 0 fully saturated rings. The van der Waals surface area contributed by atoms with Crippen LogP contribution in [-0.2, 0) is 21.2 Å². The van der Waals surface area contributed by atoms with Gasteiger partial charge in [0.05, 0.1) is 17.5 Å². The highest BCUT2D eigenvalue weighted by Gasteiger charge is 2.27. The average molecular weight is 409 g/mol. The molecule has 0 aromatic heterocycles. The molecule has 0 amide bonds. The molecule has 0 radical (unpaired) electrons. The molecule has 27 heavy (non-hydrogen) atoms. The summed E-state index contributed by atoms with van der Waals surface area (Å²) in [6.45, 7) is -0.105. The van der Waals surface area contributed by atoms with Crippen LogP contribution in [0.3, 0.4) is 0 Å². The van der Waals surface area contributed by atoms with Crippen LogP contribution in [0.25, 0.3) is 0 Å². The van der Waals surface area contributed by atoms with E-state index in [2.05, 4.69) is 0 Å². The van der Waals surface area contributed by atoms with Crippen LogP contribution in [0.2, 0.25) is 5.02 Å². The molecule has 0 unspecified atom stereocenters. The van der Waals surface area contributed by atoms with Crippen molar-refractivity contribution >= 4 is 44.8 Å². The van der Waals surface area contributed by atoms with E-state index in [1.165, 1.54) is 28.6 Å².